The number of nitriles is 1. The number of carbonyl (C=O) groups excluding carboxylic acids is 2. The maximum absolute atomic E-state index is 12.6. The molecule has 1 heterocycles. The standard InChI is InChI=1S/C31H34N4O5/c1-30(2,3)26-24(19-32)23-18-21(11-14-25(23)35(26)29(38)39)15-17-33-27(36)22-12-9-20(10-13-22)8-7-16-34-28(37)40-31(4,5)6/h9-14,18H,15-17H2,1-6H3,(H,33,36)(H,34,37)(H,38,39). The Morgan fingerprint density at radius 1 is 1.00 bits per heavy atom. The number of rotatable bonds is 5. The number of aromatic nitrogens is 1. The molecule has 0 unspecified atom stereocenters. The molecule has 2 aromatic carbocycles. The van der Waals surface area contributed by atoms with Crippen molar-refractivity contribution in [3.63, 3.8) is 0 Å². The third kappa shape index (κ3) is 7.42. The summed E-state index contributed by atoms with van der Waals surface area (Å²) < 4.78 is 6.34. The summed E-state index contributed by atoms with van der Waals surface area (Å²) in [4.78, 5) is 36.3. The highest BCUT2D eigenvalue weighted by molar-refractivity contribution is 5.96. The number of nitrogens with one attached hydrogen (secondary N) is 2. The molecule has 0 spiro atoms. The summed E-state index contributed by atoms with van der Waals surface area (Å²) in [6.45, 7) is 11.5. The number of amides is 2. The molecule has 40 heavy (non-hydrogen) atoms. The lowest BCUT2D eigenvalue weighted by Crippen LogP contribution is -2.32. The second-order valence-corrected chi connectivity index (χ2v) is 11.3. The smallest absolute Gasteiger partial charge is 0.416 e. The van der Waals surface area contributed by atoms with Crippen LogP contribution in [0.25, 0.3) is 10.9 Å². The molecule has 9 nitrogen and oxygen atoms in total. The van der Waals surface area contributed by atoms with Gasteiger partial charge in [0.15, 0.2) is 0 Å². The van der Waals surface area contributed by atoms with Crippen LogP contribution in [0, 0.1) is 23.2 Å². The van der Waals surface area contributed by atoms with Crippen molar-refractivity contribution in [3.05, 3.63) is 70.4 Å². The number of fused-ring (bicyclic) bond motifs is 1. The number of nitrogens with zero attached hydrogens (tertiary/aromatic N) is 2. The quantitative estimate of drug-likeness (QED) is 0.380. The predicted molar refractivity (Wildman–Crippen MR) is 152 cm³/mol. The molecule has 208 valence electrons. The van der Waals surface area contributed by atoms with Crippen LogP contribution in [0.2, 0.25) is 0 Å². The number of benzene rings is 2. The lowest BCUT2D eigenvalue weighted by molar-refractivity contribution is 0.0534. The van der Waals surface area contributed by atoms with E-state index in [9.17, 15) is 24.8 Å². The Bertz CT molecular complexity index is 1540. The lowest BCUT2D eigenvalue weighted by Gasteiger charge is -2.20. The van der Waals surface area contributed by atoms with Gasteiger partial charge in [0, 0.05) is 28.5 Å². The van der Waals surface area contributed by atoms with Crippen LogP contribution in [0.1, 0.15) is 74.3 Å². The molecule has 2 amide bonds. The number of carboxylic acid groups (broad SMARTS) is 1. The second-order valence-electron chi connectivity index (χ2n) is 11.3. The minimum atomic E-state index is -1.13. The monoisotopic (exact) mass is 542 g/mol. The van der Waals surface area contributed by atoms with Gasteiger partial charge in [-0.2, -0.15) is 5.26 Å². The van der Waals surface area contributed by atoms with E-state index in [4.69, 9.17) is 4.74 Å². The van der Waals surface area contributed by atoms with Crippen molar-refractivity contribution < 1.29 is 24.2 Å². The summed E-state index contributed by atoms with van der Waals surface area (Å²) in [7, 11) is 0. The SMILES string of the molecule is CC(C)(C)OC(=O)NCC#Cc1ccc(C(=O)NCCc2ccc3c(c2)c(C#N)c(C(C)(C)C)n3C(=O)O)cc1. The first-order valence-electron chi connectivity index (χ1n) is 12.9. The molecule has 1 aromatic heterocycles. The maximum atomic E-state index is 12.6. The summed E-state index contributed by atoms with van der Waals surface area (Å²) in [6, 6.07) is 14.3. The molecular formula is C31H34N4O5. The Labute approximate surface area is 234 Å². The van der Waals surface area contributed by atoms with Crippen LogP contribution < -0.4 is 10.6 Å². The fourth-order valence-electron chi connectivity index (χ4n) is 4.22. The average Bonchev–Trinajstić information content (AvgIpc) is 3.20. The molecule has 0 atom stereocenters. The number of carbonyl (C=O) groups is 3. The first-order chi connectivity index (χ1) is 18.7. The number of hydrogen-bond donors (Lipinski definition) is 3. The highest BCUT2D eigenvalue weighted by Crippen LogP contribution is 2.34. The molecule has 0 aliphatic heterocycles. The topological polar surface area (TPSA) is 133 Å². The van der Waals surface area contributed by atoms with Gasteiger partial charge in [0.05, 0.1) is 23.3 Å². The zero-order valence-corrected chi connectivity index (χ0v) is 23.6. The van der Waals surface area contributed by atoms with Crippen LogP contribution >= 0.6 is 0 Å². The molecule has 0 fully saturated rings. The van der Waals surface area contributed by atoms with Crippen molar-refractivity contribution in [3.8, 4) is 17.9 Å². The van der Waals surface area contributed by atoms with Crippen LogP contribution in [0.3, 0.4) is 0 Å². The van der Waals surface area contributed by atoms with Gasteiger partial charge >= 0.3 is 12.2 Å². The zero-order chi connectivity index (χ0) is 29.7. The number of alkyl carbamates (subject to hydrolysis) is 1. The molecule has 3 rings (SSSR count). The predicted octanol–water partition coefficient (Wildman–Crippen LogP) is 5.19. The molecule has 3 aromatic rings. The molecule has 9 heteroatoms. The molecule has 0 saturated carbocycles. The summed E-state index contributed by atoms with van der Waals surface area (Å²) in [5.74, 6) is 5.53. The van der Waals surface area contributed by atoms with E-state index in [1.807, 2.05) is 32.9 Å². The summed E-state index contributed by atoms with van der Waals surface area (Å²) in [5, 5.41) is 25.7. The molecule has 0 aliphatic carbocycles. The van der Waals surface area contributed by atoms with Crippen molar-refractivity contribution in [2.75, 3.05) is 13.1 Å². The van der Waals surface area contributed by atoms with Crippen LogP contribution in [0.5, 0.6) is 0 Å². The third-order valence-corrected chi connectivity index (χ3v) is 5.84. The van der Waals surface area contributed by atoms with E-state index in [0.717, 1.165) is 5.56 Å². The molecule has 0 radical (unpaired) electrons. The lowest BCUT2D eigenvalue weighted by atomic mass is 9.89. The van der Waals surface area contributed by atoms with Crippen molar-refractivity contribution in [2.24, 2.45) is 0 Å². The molecule has 3 N–H and O–H groups in total. The Morgan fingerprint density at radius 2 is 1.68 bits per heavy atom. The zero-order valence-electron chi connectivity index (χ0n) is 23.6. The summed E-state index contributed by atoms with van der Waals surface area (Å²) >= 11 is 0. The largest absolute Gasteiger partial charge is 0.464 e. The van der Waals surface area contributed by atoms with Gasteiger partial charge in [-0.15, -0.1) is 0 Å². The second kappa shape index (κ2) is 12.0. The number of hydrogen-bond acceptors (Lipinski definition) is 5. The van der Waals surface area contributed by atoms with Crippen LogP contribution in [-0.4, -0.2) is 46.5 Å². The maximum Gasteiger partial charge on any atom is 0.416 e. The fraction of sp³-hybridized carbons (Fsp3) is 0.355. The van der Waals surface area contributed by atoms with E-state index in [2.05, 4.69) is 28.5 Å². The van der Waals surface area contributed by atoms with Crippen LogP contribution in [0.4, 0.5) is 9.59 Å². The van der Waals surface area contributed by atoms with Crippen molar-refractivity contribution in [1.29, 1.82) is 5.26 Å². The minimum absolute atomic E-state index is 0.136. The normalized spacial score (nSPS) is 11.2. The first-order valence-corrected chi connectivity index (χ1v) is 12.9. The molecule has 0 aliphatic rings. The van der Waals surface area contributed by atoms with Crippen molar-refractivity contribution >= 4 is 29.0 Å². The average molecular weight is 543 g/mol. The van der Waals surface area contributed by atoms with Gasteiger partial charge in [-0.1, -0.05) is 38.7 Å². The van der Waals surface area contributed by atoms with Gasteiger partial charge < -0.3 is 20.5 Å². The van der Waals surface area contributed by atoms with E-state index < -0.39 is 23.2 Å². The summed E-state index contributed by atoms with van der Waals surface area (Å²) in [6.07, 6.45) is -1.16. The highest BCUT2D eigenvalue weighted by atomic mass is 16.6. The fourth-order valence-corrected chi connectivity index (χ4v) is 4.22. The Morgan fingerprint density at radius 3 is 2.25 bits per heavy atom. The van der Waals surface area contributed by atoms with Crippen molar-refractivity contribution in [1.82, 2.24) is 15.2 Å². The van der Waals surface area contributed by atoms with Crippen LogP contribution in [-0.2, 0) is 16.6 Å². The molecule has 0 bridgehead atoms. The van der Waals surface area contributed by atoms with Gasteiger partial charge in [0.25, 0.3) is 5.91 Å². The van der Waals surface area contributed by atoms with E-state index >= 15 is 0 Å². The Balaban J connectivity index is 1.61. The van der Waals surface area contributed by atoms with Gasteiger partial charge in [-0.25, -0.2) is 14.2 Å². The van der Waals surface area contributed by atoms with E-state index in [1.165, 1.54) is 4.57 Å². The Hall–Kier alpha value is -4.76. The minimum Gasteiger partial charge on any atom is -0.464 e. The highest BCUT2D eigenvalue weighted by Gasteiger charge is 2.29. The van der Waals surface area contributed by atoms with Gasteiger partial charge in [-0.05, 0) is 69.2 Å². The summed E-state index contributed by atoms with van der Waals surface area (Å²) in [5.41, 5.74) is 2.20. The van der Waals surface area contributed by atoms with E-state index in [0.29, 0.717) is 46.3 Å². The Kier molecular flexibility index (Phi) is 8.91. The van der Waals surface area contributed by atoms with Gasteiger partial charge in [-0.3, -0.25) is 4.79 Å². The van der Waals surface area contributed by atoms with E-state index in [-0.39, 0.29) is 12.5 Å². The van der Waals surface area contributed by atoms with Gasteiger partial charge in [0.2, 0.25) is 0 Å². The molecular weight excluding hydrogens is 508 g/mol. The first kappa shape index (κ1) is 29.8. The van der Waals surface area contributed by atoms with E-state index in [1.54, 1.807) is 51.1 Å². The third-order valence-electron chi connectivity index (χ3n) is 5.84. The van der Waals surface area contributed by atoms with Crippen molar-refractivity contribution in [2.45, 2.75) is 59.0 Å². The molecule has 0 saturated heterocycles. The van der Waals surface area contributed by atoms with Crippen LogP contribution in [0.15, 0.2) is 42.5 Å². The number of ether oxygens (including phenoxy) is 1. The van der Waals surface area contributed by atoms with Gasteiger partial charge in [0.1, 0.15) is 11.7 Å².